The van der Waals surface area contributed by atoms with Crippen molar-refractivity contribution in [2.24, 2.45) is 0 Å². The number of benzene rings is 1. The lowest BCUT2D eigenvalue weighted by molar-refractivity contribution is -0.119. The van der Waals surface area contributed by atoms with Crippen LogP contribution in [0.2, 0.25) is 0 Å². The number of ether oxygens (including phenoxy) is 1. The maximum Gasteiger partial charge on any atom is 0.220 e. The Bertz CT molecular complexity index is 475. The molecule has 1 aromatic rings. The summed E-state index contributed by atoms with van der Waals surface area (Å²) in [7, 11) is 0. The van der Waals surface area contributed by atoms with E-state index in [4.69, 9.17) is 4.74 Å². The maximum atomic E-state index is 11.4. The van der Waals surface area contributed by atoms with Crippen molar-refractivity contribution in [3.8, 4) is 5.75 Å². The fraction of sp³-hybridized carbons (Fsp3) is 0.533. The summed E-state index contributed by atoms with van der Waals surface area (Å²) in [6, 6.07) is 6.07. The summed E-state index contributed by atoms with van der Waals surface area (Å²) in [5.74, 6) is 1.07. The minimum atomic E-state index is -0.151. The lowest BCUT2D eigenvalue weighted by Crippen LogP contribution is -2.40. The number of carbonyl (C=O) groups is 1. The van der Waals surface area contributed by atoms with Gasteiger partial charge in [-0.1, -0.05) is 22.9 Å². The first-order valence-electron chi connectivity index (χ1n) is 6.75. The molecule has 0 bridgehead atoms. The Morgan fingerprint density at radius 2 is 2.26 bits per heavy atom. The molecular formula is C15H20BrNO2. The van der Waals surface area contributed by atoms with Gasteiger partial charge in [-0.3, -0.25) is 4.79 Å². The highest BCUT2D eigenvalue weighted by Gasteiger charge is 2.33. The third-order valence-electron chi connectivity index (χ3n) is 3.41. The second-order valence-corrected chi connectivity index (χ2v) is 6.30. The monoisotopic (exact) mass is 325 g/mol. The van der Waals surface area contributed by atoms with Crippen LogP contribution < -0.4 is 10.1 Å². The standard InChI is InChI=1S/C15H20BrNO2/c1-3-8-19-13-5-4-12(16)9-11(13)10-15(2)7-6-14(18)17-15/h4-5,9H,3,6-8,10H2,1-2H3,(H,17,18). The van der Waals surface area contributed by atoms with E-state index in [-0.39, 0.29) is 11.4 Å². The summed E-state index contributed by atoms with van der Waals surface area (Å²) in [6.07, 6.45) is 3.29. The van der Waals surface area contributed by atoms with Gasteiger partial charge in [0.25, 0.3) is 0 Å². The van der Waals surface area contributed by atoms with Gasteiger partial charge in [-0.05, 0) is 49.9 Å². The number of nitrogens with one attached hydrogen (secondary N) is 1. The van der Waals surface area contributed by atoms with E-state index >= 15 is 0 Å². The van der Waals surface area contributed by atoms with Gasteiger partial charge in [0.05, 0.1) is 6.61 Å². The van der Waals surface area contributed by atoms with Crippen molar-refractivity contribution in [3.05, 3.63) is 28.2 Å². The summed E-state index contributed by atoms with van der Waals surface area (Å²) >= 11 is 3.50. The van der Waals surface area contributed by atoms with Crippen molar-refractivity contribution in [3.63, 3.8) is 0 Å². The molecular weight excluding hydrogens is 306 g/mol. The quantitative estimate of drug-likeness (QED) is 0.900. The molecule has 1 unspecified atom stereocenters. The molecule has 3 nitrogen and oxygen atoms in total. The van der Waals surface area contributed by atoms with Crippen LogP contribution >= 0.6 is 15.9 Å². The molecule has 1 aliphatic rings. The van der Waals surface area contributed by atoms with Crippen LogP contribution in [0.15, 0.2) is 22.7 Å². The van der Waals surface area contributed by atoms with Crippen molar-refractivity contribution < 1.29 is 9.53 Å². The van der Waals surface area contributed by atoms with Gasteiger partial charge in [0, 0.05) is 16.4 Å². The first kappa shape index (κ1) is 14.4. The highest BCUT2D eigenvalue weighted by molar-refractivity contribution is 9.10. The van der Waals surface area contributed by atoms with Crippen molar-refractivity contribution in [1.82, 2.24) is 5.32 Å². The fourth-order valence-electron chi connectivity index (χ4n) is 2.44. The van der Waals surface area contributed by atoms with Gasteiger partial charge >= 0.3 is 0 Å². The molecule has 0 saturated carbocycles. The fourth-order valence-corrected chi connectivity index (χ4v) is 2.85. The zero-order valence-corrected chi connectivity index (χ0v) is 13.0. The summed E-state index contributed by atoms with van der Waals surface area (Å²) in [5.41, 5.74) is 0.995. The molecule has 104 valence electrons. The zero-order valence-electron chi connectivity index (χ0n) is 11.5. The number of amides is 1. The maximum absolute atomic E-state index is 11.4. The Labute approximate surface area is 122 Å². The molecule has 1 amide bonds. The van der Waals surface area contributed by atoms with Crippen LogP contribution in [0.4, 0.5) is 0 Å². The van der Waals surface area contributed by atoms with Crippen LogP contribution in [0.5, 0.6) is 5.75 Å². The van der Waals surface area contributed by atoms with E-state index in [2.05, 4.69) is 41.2 Å². The van der Waals surface area contributed by atoms with Gasteiger partial charge in [0.2, 0.25) is 5.91 Å². The van der Waals surface area contributed by atoms with E-state index in [1.165, 1.54) is 0 Å². The second kappa shape index (κ2) is 5.95. The van der Waals surface area contributed by atoms with Gasteiger partial charge in [0.15, 0.2) is 0 Å². The Kier molecular flexibility index (Phi) is 4.50. The molecule has 0 aliphatic carbocycles. The van der Waals surface area contributed by atoms with E-state index < -0.39 is 0 Å². The predicted octanol–water partition coefficient (Wildman–Crippen LogP) is 3.45. The molecule has 1 saturated heterocycles. The van der Waals surface area contributed by atoms with Crippen molar-refractivity contribution in [2.45, 2.75) is 45.1 Å². The van der Waals surface area contributed by atoms with E-state index in [9.17, 15) is 4.79 Å². The van der Waals surface area contributed by atoms with Crippen LogP contribution in [0.3, 0.4) is 0 Å². The average molecular weight is 326 g/mol. The Morgan fingerprint density at radius 1 is 1.47 bits per heavy atom. The third-order valence-corrected chi connectivity index (χ3v) is 3.90. The highest BCUT2D eigenvalue weighted by Crippen LogP contribution is 2.30. The molecule has 1 aliphatic heterocycles. The largest absolute Gasteiger partial charge is 0.493 e. The summed E-state index contributed by atoms with van der Waals surface area (Å²) in [4.78, 5) is 11.4. The minimum Gasteiger partial charge on any atom is -0.493 e. The first-order chi connectivity index (χ1) is 9.02. The van der Waals surface area contributed by atoms with E-state index in [1.807, 2.05) is 12.1 Å². The van der Waals surface area contributed by atoms with Gasteiger partial charge in [-0.2, -0.15) is 0 Å². The Morgan fingerprint density at radius 3 is 2.89 bits per heavy atom. The molecule has 4 heteroatoms. The number of halogens is 1. The Balaban J connectivity index is 2.18. The number of rotatable bonds is 5. The lowest BCUT2D eigenvalue weighted by atomic mass is 9.91. The topological polar surface area (TPSA) is 38.3 Å². The molecule has 1 atom stereocenters. The SMILES string of the molecule is CCCOc1ccc(Br)cc1CC1(C)CCC(=O)N1. The van der Waals surface area contributed by atoms with Gasteiger partial charge in [0.1, 0.15) is 5.75 Å². The second-order valence-electron chi connectivity index (χ2n) is 5.39. The summed E-state index contributed by atoms with van der Waals surface area (Å²) in [5, 5.41) is 3.07. The van der Waals surface area contributed by atoms with Gasteiger partial charge in [-0.15, -0.1) is 0 Å². The predicted molar refractivity (Wildman–Crippen MR) is 79.4 cm³/mol. The normalized spacial score (nSPS) is 22.4. The van der Waals surface area contributed by atoms with Crippen molar-refractivity contribution >= 4 is 21.8 Å². The van der Waals surface area contributed by atoms with Crippen LogP contribution in [0.25, 0.3) is 0 Å². The molecule has 1 fully saturated rings. The number of carbonyl (C=O) groups excluding carboxylic acids is 1. The lowest BCUT2D eigenvalue weighted by Gasteiger charge is -2.25. The molecule has 0 radical (unpaired) electrons. The summed E-state index contributed by atoms with van der Waals surface area (Å²) in [6.45, 7) is 4.91. The number of hydrogen-bond acceptors (Lipinski definition) is 2. The molecule has 19 heavy (non-hydrogen) atoms. The molecule has 2 rings (SSSR count). The first-order valence-corrected chi connectivity index (χ1v) is 7.54. The molecule has 1 N–H and O–H groups in total. The molecule has 0 aromatic heterocycles. The van der Waals surface area contributed by atoms with Gasteiger partial charge < -0.3 is 10.1 Å². The Hall–Kier alpha value is -1.03. The highest BCUT2D eigenvalue weighted by atomic mass is 79.9. The smallest absolute Gasteiger partial charge is 0.220 e. The van der Waals surface area contributed by atoms with E-state index in [0.29, 0.717) is 6.42 Å². The van der Waals surface area contributed by atoms with E-state index in [0.717, 1.165) is 41.7 Å². The average Bonchev–Trinajstić information content (AvgIpc) is 2.68. The van der Waals surface area contributed by atoms with Crippen LogP contribution in [0.1, 0.15) is 38.7 Å². The van der Waals surface area contributed by atoms with Crippen LogP contribution in [-0.4, -0.2) is 18.1 Å². The van der Waals surface area contributed by atoms with Gasteiger partial charge in [-0.25, -0.2) is 0 Å². The molecule has 1 aromatic carbocycles. The zero-order chi connectivity index (χ0) is 13.9. The molecule has 0 spiro atoms. The van der Waals surface area contributed by atoms with Crippen molar-refractivity contribution in [2.75, 3.05) is 6.61 Å². The minimum absolute atomic E-state index is 0.147. The van der Waals surface area contributed by atoms with Crippen LogP contribution in [-0.2, 0) is 11.2 Å². The summed E-state index contributed by atoms with van der Waals surface area (Å²) < 4.78 is 6.83. The van der Waals surface area contributed by atoms with Crippen molar-refractivity contribution in [1.29, 1.82) is 0 Å². The molecule has 1 heterocycles. The third kappa shape index (κ3) is 3.72. The van der Waals surface area contributed by atoms with E-state index in [1.54, 1.807) is 0 Å². The van der Waals surface area contributed by atoms with Crippen LogP contribution in [0, 0.1) is 0 Å². The number of hydrogen-bond donors (Lipinski definition) is 1.